The van der Waals surface area contributed by atoms with Gasteiger partial charge in [-0.15, -0.1) is 0 Å². The van der Waals surface area contributed by atoms with Gasteiger partial charge in [-0.05, 0) is 36.1 Å². The summed E-state index contributed by atoms with van der Waals surface area (Å²) in [6.45, 7) is 5.67. The fourth-order valence-corrected chi connectivity index (χ4v) is 2.84. The van der Waals surface area contributed by atoms with Crippen molar-refractivity contribution in [3.63, 3.8) is 0 Å². The monoisotopic (exact) mass is 325 g/mol. The first kappa shape index (κ1) is 15.0. The van der Waals surface area contributed by atoms with E-state index in [9.17, 15) is 0 Å². The molecule has 0 aromatic heterocycles. The lowest BCUT2D eigenvalue weighted by atomic mass is 9.83. The van der Waals surface area contributed by atoms with E-state index in [2.05, 4.69) is 46.4 Å². The van der Waals surface area contributed by atoms with Crippen molar-refractivity contribution in [2.24, 2.45) is 5.92 Å². The molecule has 3 heteroatoms. The zero-order chi connectivity index (χ0) is 13.5. The molecule has 1 saturated carbocycles. The average molecular weight is 326 g/mol. The normalized spacial score (nSPS) is 15.5. The number of rotatable bonds is 8. The topological polar surface area (TPSA) is 21.3 Å². The molecule has 0 unspecified atom stereocenters. The second-order valence-electron chi connectivity index (χ2n) is 5.34. The molecule has 19 heavy (non-hydrogen) atoms. The van der Waals surface area contributed by atoms with Crippen molar-refractivity contribution in [3.05, 3.63) is 33.8 Å². The van der Waals surface area contributed by atoms with Crippen molar-refractivity contribution in [2.45, 2.75) is 45.8 Å². The van der Waals surface area contributed by atoms with Crippen LogP contribution in [0.1, 0.15) is 43.7 Å². The number of hydrogen-bond donors (Lipinski definition) is 1. The Labute approximate surface area is 125 Å². The first-order valence-electron chi connectivity index (χ1n) is 7.35. The molecular formula is C16H24BrNO. The highest BCUT2D eigenvalue weighted by molar-refractivity contribution is 9.10. The van der Waals surface area contributed by atoms with Gasteiger partial charge in [0.1, 0.15) is 0 Å². The number of ether oxygens (including phenoxy) is 1. The molecule has 2 rings (SSSR count). The number of halogens is 1. The van der Waals surface area contributed by atoms with Crippen molar-refractivity contribution in [1.29, 1.82) is 0 Å². The summed E-state index contributed by atoms with van der Waals surface area (Å²) < 4.78 is 6.94. The molecule has 0 heterocycles. The van der Waals surface area contributed by atoms with Gasteiger partial charge in [0, 0.05) is 17.6 Å². The second-order valence-corrected chi connectivity index (χ2v) is 6.20. The van der Waals surface area contributed by atoms with Gasteiger partial charge in [-0.25, -0.2) is 0 Å². The number of benzene rings is 1. The van der Waals surface area contributed by atoms with Gasteiger partial charge in [0.05, 0.1) is 6.61 Å². The molecule has 1 aliphatic carbocycles. The van der Waals surface area contributed by atoms with E-state index in [-0.39, 0.29) is 0 Å². The van der Waals surface area contributed by atoms with Gasteiger partial charge in [-0.3, -0.25) is 0 Å². The number of nitrogens with one attached hydrogen (secondary N) is 1. The molecular weight excluding hydrogens is 302 g/mol. The first-order valence-corrected chi connectivity index (χ1v) is 8.14. The second kappa shape index (κ2) is 8.03. The molecule has 0 atom stereocenters. The van der Waals surface area contributed by atoms with Crippen LogP contribution in [-0.2, 0) is 17.9 Å². The van der Waals surface area contributed by atoms with E-state index in [1.807, 2.05) is 0 Å². The fraction of sp³-hybridized carbons (Fsp3) is 0.625. The molecule has 0 saturated heterocycles. The zero-order valence-electron chi connectivity index (χ0n) is 11.8. The molecule has 0 amide bonds. The van der Waals surface area contributed by atoms with E-state index in [0.717, 1.165) is 36.7 Å². The zero-order valence-corrected chi connectivity index (χ0v) is 13.3. The van der Waals surface area contributed by atoms with Gasteiger partial charge in [-0.1, -0.05) is 54.2 Å². The summed E-state index contributed by atoms with van der Waals surface area (Å²) in [5.74, 6) is 0.936. The Hall–Kier alpha value is -0.380. The van der Waals surface area contributed by atoms with Gasteiger partial charge >= 0.3 is 0 Å². The van der Waals surface area contributed by atoms with Gasteiger partial charge in [0.15, 0.2) is 0 Å². The van der Waals surface area contributed by atoms with Gasteiger partial charge in [-0.2, -0.15) is 0 Å². The third kappa shape index (κ3) is 4.90. The molecule has 0 bridgehead atoms. The van der Waals surface area contributed by atoms with Crippen LogP contribution in [0.5, 0.6) is 0 Å². The first-order chi connectivity index (χ1) is 9.29. The van der Waals surface area contributed by atoms with Crippen molar-refractivity contribution < 1.29 is 4.74 Å². The van der Waals surface area contributed by atoms with Crippen LogP contribution in [0, 0.1) is 5.92 Å². The lowest BCUT2D eigenvalue weighted by Crippen LogP contribution is -2.13. The minimum absolute atomic E-state index is 0.717. The van der Waals surface area contributed by atoms with Gasteiger partial charge < -0.3 is 10.1 Å². The van der Waals surface area contributed by atoms with E-state index in [0.29, 0.717) is 0 Å². The predicted molar refractivity (Wildman–Crippen MR) is 83.1 cm³/mol. The fourth-order valence-electron chi connectivity index (χ4n) is 2.30. The Bertz CT molecular complexity index is 390. The van der Waals surface area contributed by atoms with Crippen LogP contribution in [0.25, 0.3) is 0 Å². The molecule has 0 radical (unpaired) electrons. The number of hydrogen-bond acceptors (Lipinski definition) is 2. The molecule has 0 aliphatic heterocycles. The van der Waals surface area contributed by atoms with Crippen molar-refractivity contribution >= 4 is 15.9 Å². The third-order valence-electron chi connectivity index (χ3n) is 3.85. The average Bonchev–Trinajstić information content (AvgIpc) is 2.36. The van der Waals surface area contributed by atoms with Gasteiger partial charge in [0.25, 0.3) is 0 Å². The maximum absolute atomic E-state index is 5.78. The van der Waals surface area contributed by atoms with Crippen LogP contribution in [0.15, 0.2) is 22.7 Å². The molecule has 2 nitrogen and oxygen atoms in total. The van der Waals surface area contributed by atoms with Crippen LogP contribution >= 0.6 is 15.9 Å². The maximum atomic E-state index is 5.78. The minimum atomic E-state index is 0.717. The molecule has 1 N–H and O–H groups in total. The summed E-state index contributed by atoms with van der Waals surface area (Å²) >= 11 is 3.64. The van der Waals surface area contributed by atoms with Crippen molar-refractivity contribution in [2.75, 3.05) is 13.2 Å². The SMILES string of the molecule is CCNCc1ccc(COCCC2CCC2)c(Br)c1. The maximum Gasteiger partial charge on any atom is 0.0727 e. The molecule has 106 valence electrons. The van der Waals surface area contributed by atoms with E-state index in [1.165, 1.54) is 36.8 Å². The summed E-state index contributed by atoms with van der Waals surface area (Å²) in [5.41, 5.74) is 2.56. The van der Waals surface area contributed by atoms with E-state index in [4.69, 9.17) is 4.74 Å². The van der Waals surface area contributed by atoms with Crippen molar-refractivity contribution in [3.8, 4) is 0 Å². The Morgan fingerprint density at radius 1 is 1.37 bits per heavy atom. The van der Waals surface area contributed by atoms with Crippen LogP contribution < -0.4 is 5.32 Å². The molecule has 1 aromatic carbocycles. The van der Waals surface area contributed by atoms with Crippen LogP contribution in [-0.4, -0.2) is 13.2 Å². The smallest absolute Gasteiger partial charge is 0.0727 e. The van der Waals surface area contributed by atoms with Crippen LogP contribution in [0.2, 0.25) is 0 Å². The molecule has 1 aromatic rings. The minimum Gasteiger partial charge on any atom is -0.377 e. The highest BCUT2D eigenvalue weighted by Crippen LogP contribution is 2.29. The van der Waals surface area contributed by atoms with Gasteiger partial charge in [0.2, 0.25) is 0 Å². The summed E-state index contributed by atoms with van der Waals surface area (Å²) in [4.78, 5) is 0. The van der Waals surface area contributed by atoms with E-state index in [1.54, 1.807) is 0 Å². The highest BCUT2D eigenvalue weighted by atomic mass is 79.9. The predicted octanol–water partition coefficient (Wildman–Crippen LogP) is 4.27. The molecule has 0 spiro atoms. The van der Waals surface area contributed by atoms with E-state index < -0.39 is 0 Å². The summed E-state index contributed by atoms with van der Waals surface area (Å²) in [7, 11) is 0. The lowest BCUT2D eigenvalue weighted by Gasteiger charge is -2.24. The largest absolute Gasteiger partial charge is 0.377 e. The molecule has 1 aliphatic rings. The standard InChI is InChI=1S/C16H24BrNO/c1-2-18-11-14-6-7-15(16(17)10-14)12-19-9-8-13-4-3-5-13/h6-7,10,13,18H,2-5,8-9,11-12H2,1H3. The summed E-state index contributed by atoms with van der Waals surface area (Å²) in [6, 6.07) is 6.53. The highest BCUT2D eigenvalue weighted by Gasteiger charge is 2.16. The Kier molecular flexibility index (Phi) is 6.35. The van der Waals surface area contributed by atoms with E-state index >= 15 is 0 Å². The Balaban J connectivity index is 1.72. The van der Waals surface area contributed by atoms with Crippen LogP contribution in [0.3, 0.4) is 0 Å². The van der Waals surface area contributed by atoms with Crippen LogP contribution in [0.4, 0.5) is 0 Å². The molecule has 1 fully saturated rings. The quantitative estimate of drug-likeness (QED) is 0.721. The Morgan fingerprint density at radius 3 is 2.84 bits per heavy atom. The Morgan fingerprint density at radius 2 is 2.21 bits per heavy atom. The van der Waals surface area contributed by atoms with Crippen molar-refractivity contribution in [1.82, 2.24) is 5.32 Å². The third-order valence-corrected chi connectivity index (χ3v) is 4.59. The summed E-state index contributed by atoms with van der Waals surface area (Å²) in [5, 5.41) is 3.34. The lowest BCUT2D eigenvalue weighted by molar-refractivity contribution is 0.0946. The summed E-state index contributed by atoms with van der Waals surface area (Å²) in [6.07, 6.45) is 5.47.